The van der Waals surface area contributed by atoms with E-state index in [2.05, 4.69) is 0 Å². The third-order valence-electron chi connectivity index (χ3n) is 3.46. The fraction of sp³-hybridized carbons (Fsp3) is 0.0625. The average molecular weight is 315 g/mol. The van der Waals surface area contributed by atoms with Crippen molar-refractivity contribution in [2.75, 3.05) is 7.11 Å². The molecular formula is C16H13NO4S. The number of rotatable bonds is 4. The minimum atomic E-state index is -3.76. The van der Waals surface area contributed by atoms with Crippen molar-refractivity contribution in [2.24, 2.45) is 0 Å². The molecule has 0 unspecified atom stereocenters. The van der Waals surface area contributed by atoms with E-state index < -0.39 is 10.0 Å². The summed E-state index contributed by atoms with van der Waals surface area (Å²) < 4.78 is 32.0. The number of aromatic nitrogens is 1. The number of hydrogen-bond acceptors (Lipinski definition) is 4. The molecule has 0 bridgehead atoms. The van der Waals surface area contributed by atoms with Gasteiger partial charge >= 0.3 is 0 Å². The van der Waals surface area contributed by atoms with Crippen LogP contribution in [-0.2, 0) is 10.0 Å². The molecule has 0 amide bonds. The van der Waals surface area contributed by atoms with Gasteiger partial charge in [0.15, 0.2) is 6.29 Å². The Morgan fingerprint density at radius 3 is 2.41 bits per heavy atom. The molecule has 1 heterocycles. The zero-order valence-corrected chi connectivity index (χ0v) is 12.6. The normalized spacial score (nSPS) is 11.5. The number of ether oxygens (including phenoxy) is 1. The zero-order valence-electron chi connectivity index (χ0n) is 11.8. The molecule has 3 rings (SSSR count). The van der Waals surface area contributed by atoms with Gasteiger partial charge in [0, 0.05) is 17.1 Å². The molecule has 1 aromatic heterocycles. The SMILES string of the molecule is COc1ccc(C=O)c2ccn(S(=O)(=O)c3ccccc3)c12. The Hall–Kier alpha value is -2.60. The van der Waals surface area contributed by atoms with E-state index in [9.17, 15) is 13.2 Å². The maximum Gasteiger partial charge on any atom is 0.268 e. The summed E-state index contributed by atoms with van der Waals surface area (Å²) >= 11 is 0. The van der Waals surface area contributed by atoms with E-state index in [0.29, 0.717) is 28.5 Å². The highest BCUT2D eigenvalue weighted by Crippen LogP contribution is 2.31. The summed E-state index contributed by atoms with van der Waals surface area (Å²) in [5, 5.41) is 0.536. The van der Waals surface area contributed by atoms with Gasteiger partial charge in [0.1, 0.15) is 11.3 Å². The van der Waals surface area contributed by atoms with E-state index in [1.54, 1.807) is 36.4 Å². The molecule has 0 aliphatic heterocycles. The Morgan fingerprint density at radius 2 is 1.77 bits per heavy atom. The van der Waals surface area contributed by atoms with E-state index in [1.165, 1.54) is 25.4 Å². The van der Waals surface area contributed by atoms with E-state index in [4.69, 9.17) is 4.74 Å². The molecule has 0 saturated carbocycles. The van der Waals surface area contributed by atoms with Crippen LogP contribution in [-0.4, -0.2) is 25.8 Å². The number of nitrogens with zero attached hydrogens (tertiary/aromatic N) is 1. The smallest absolute Gasteiger partial charge is 0.268 e. The second kappa shape index (κ2) is 5.31. The summed E-state index contributed by atoms with van der Waals surface area (Å²) in [6, 6.07) is 12.9. The highest BCUT2D eigenvalue weighted by atomic mass is 32.2. The fourth-order valence-electron chi connectivity index (χ4n) is 2.40. The van der Waals surface area contributed by atoms with Gasteiger partial charge in [-0.1, -0.05) is 18.2 Å². The van der Waals surface area contributed by atoms with Crippen LogP contribution < -0.4 is 4.74 Å². The molecule has 112 valence electrons. The number of aldehydes is 1. The molecule has 0 fully saturated rings. The first kappa shape index (κ1) is 14.3. The van der Waals surface area contributed by atoms with E-state index >= 15 is 0 Å². The minimum absolute atomic E-state index is 0.172. The first-order chi connectivity index (χ1) is 10.6. The first-order valence-corrected chi connectivity index (χ1v) is 7.97. The molecular weight excluding hydrogens is 302 g/mol. The number of methoxy groups -OCH3 is 1. The second-order valence-corrected chi connectivity index (χ2v) is 6.48. The van der Waals surface area contributed by atoms with Crippen LogP contribution in [0.25, 0.3) is 10.9 Å². The van der Waals surface area contributed by atoms with Gasteiger partial charge in [-0.15, -0.1) is 0 Å². The number of carbonyl (C=O) groups is 1. The monoisotopic (exact) mass is 315 g/mol. The Bertz CT molecular complexity index is 943. The predicted molar refractivity (Wildman–Crippen MR) is 82.9 cm³/mol. The molecule has 0 aliphatic carbocycles. The predicted octanol–water partition coefficient (Wildman–Crippen LogP) is 2.70. The van der Waals surface area contributed by atoms with E-state index in [0.717, 1.165) is 3.97 Å². The lowest BCUT2D eigenvalue weighted by Crippen LogP contribution is -2.12. The van der Waals surface area contributed by atoms with Crippen LogP contribution in [0.5, 0.6) is 5.75 Å². The molecule has 0 radical (unpaired) electrons. The lowest BCUT2D eigenvalue weighted by molar-refractivity contribution is 0.112. The average Bonchev–Trinajstić information content (AvgIpc) is 3.00. The van der Waals surface area contributed by atoms with Crippen molar-refractivity contribution in [1.29, 1.82) is 0 Å². The third-order valence-corrected chi connectivity index (χ3v) is 5.15. The van der Waals surface area contributed by atoms with Crippen LogP contribution >= 0.6 is 0 Å². The van der Waals surface area contributed by atoms with Crippen LogP contribution in [0, 0.1) is 0 Å². The van der Waals surface area contributed by atoms with Crippen molar-refractivity contribution in [2.45, 2.75) is 4.90 Å². The summed E-state index contributed by atoms with van der Waals surface area (Å²) in [4.78, 5) is 11.3. The lowest BCUT2D eigenvalue weighted by atomic mass is 10.1. The van der Waals surface area contributed by atoms with Crippen LogP contribution in [0.1, 0.15) is 10.4 Å². The van der Waals surface area contributed by atoms with Crippen molar-refractivity contribution < 1.29 is 17.9 Å². The number of fused-ring (bicyclic) bond motifs is 1. The summed E-state index contributed by atoms with van der Waals surface area (Å²) in [5.74, 6) is 0.394. The number of hydrogen-bond donors (Lipinski definition) is 0. The van der Waals surface area contributed by atoms with Gasteiger partial charge in [0.25, 0.3) is 10.0 Å². The molecule has 0 atom stereocenters. The van der Waals surface area contributed by atoms with E-state index in [-0.39, 0.29) is 4.90 Å². The molecule has 0 N–H and O–H groups in total. The highest BCUT2D eigenvalue weighted by molar-refractivity contribution is 7.90. The van der Waals surface area contributed by atoms with Crippen molar-refractivity contribution in [3.05, 3.63) is 60.3 Å². The summed E-state index contributed by atoms with van der Waals surface area (Å²) in [6.07, 6.45) is 2.13. The largest absolute Gasteiger partial charge is 0.495 e. The first-order valence-electron chi connectivity index (χ1n) is 6.53. The minimum Gasteiger partial charge on any atom is -0.495 e. The van der Waals surface area contributed by atoms with Gasteiger partial charge in [-0.3, -0.25) is 4.79 Å². The Kier molecular flexibility index (Phi) is 3.46. The standard InChI is InChI=1S/C16H13NO4S/c1-21-15-8-7-12(11-18)14-9-10-17(16(14)15)22(19,20)13-5-3-2-4-6-13/h2-11H,1H3. The quantitative estimate of drug-likeness (QED) is 0.694. The fourth-order valence-corrected chi connectivity index (χ4v) is 3.77. The van der Waals surface area contributed by atoms with Crippen LogP contribution in [0.15, 0.2) is 59.6 Å². The number of benzene rings is 2. The van der Waals surface area contributed by atoms with Gasteiger partial charge in [-0.2, -0.15) is 0 Å². The van der Waals surface area contributed by atoms with Gasteiger partial charge < -0.3 is 4.74 Å². The van der Waals surface area contributed by atoms with Crippen molar-refractivity contribution >= 4 is 27.2 Å². The van der Waals surface area contributed by atoms with Crippen LogP contribution in [0.3, 0.4) is 0 Å². The van der Waals surface area contributed by atoms with Crippen molar-refractivity contribution in [3.8, 4) is 5.75 Å². The molecule has 2 aromatic carbocycles. The van der Waals surface area contributed by atoms with Gasteiger partial charge in [0.05, 0.1) is 12.0 Å². The molecule has 5 nitrogen and oxygen atoms in total. The van der Waals surface area contributed by atoms with Gasteiger partial charge in [0.2, 0.25) is 0 Å². The molecule has 3 aromatic rings. The zero-order chi connectivity index (χ0) is 15.7. The summed E-state index contributed by atoms with van der Waals surface area (Å²) in [6.45, 7) is 0. The van der Waals surface area contributed by atoms with Gasteiger partial charge in [-0.25, -0.2) is 12.4 Å². The highest BCUT2D eigenvalue weighted by Gasteiger charge is 2.21. The van der Waals surface area contributed by atoms with Gasteiger partial charge in [-0.05, 0) is 30.3 Å². The summed E-state index contributed by atoms with van der Waals surface area (Å²) in [7, 11) is -2.30. The van der Waals surface area contributed by atoms with Crippen molar-refractivity contribution in [3.63, 3.8) is 0 Å². The number of carbonyl (C=O) groups excluding carboxylic acids is 1. The van der Waals surface area contributed by atoms with Crippen molar-refractivity contribution in [1.82, 2.24) is 3.97 Å². The summed E-state index contributed by atoms with van der Waals surface area (Å²) in [5.41, 5.74) is 0.772. The lowest BCUT2D eigenvalue weighted by Gasteiger charge is -2.10. The van der Waals surface area contributed by atoms with Crippen LogP contribution in [0.4, 0.5) is 0 Å². The molecule has 0 aliphatic rings. The third kappa shape index (κ3) is 2.08. The maximum absolute atomic E-state index is 12.8. The Balaban J connectivity index is 2.35. The molecule has 22 heavy (non-hydrogen) atoms. The maximum atomic E-state index is 12.8. The Labute approximate surface area is 127 Å². The van der Waals surface area contributed by atoms with E-state index in [1.807, 2.05) is 0 Å². The molecule has 0 spiro atoms. The van der Waals surface area contributed by atoms with Crippen LogP contribution in [0.2, 0.25) is 0 Å². The molecule has 0 saturated heterocycles. The molecule has 6 heteroatoms. The topological polar surface area (TPSA) is 65.4 Å². The Morgan fingerprint density at radius 1 is 1.05 bits per heavy atom. The second-order valence-electron chi connectivity index (χ2n) is 4.67.